The van der Waals surface area contributed by atoms with Crippen LogP contribution in [0.4, 0.5) is 0 Å². The minimum atomic E-state index is -1.50. The zero-order chi connectivity index (χ0) is 27.4. The van der Waals surface area contributed by atoms with Crippen LogP contribution in [0.25, 0.3) is 43.9 Å². The van der Waals surface area contributed by atoms with Gasteiger partial charge in [-0.25, -0.2) is 0 Å². The van der Waals surface area contributed by atoms with E-state index in [1.807, 2.05) is 30.3 Å². The zero-order valence-electron chi connectivity index (χ0n) is 22.6. The predicted octanol–water partition coefficient (Wildman–Crippen LogP) is 8.21. The van der Waals surface area contributed by atoms with Gasteiger partial charge < -0.3 is 18.9 Å². The van der Waals surface area contributed by atoms with Gasteiger partial charge in [-0.1, -0.05) is 112 Å². The Labute approximate surface area is 231 Å². The minimum Gasteiger partial charge on any atom is -0.456 e. The maximum absolute atomic E-state index is 9.54. The van der Waals surface area contributed by atoms with Crippen molar-refractivity contribution < 1.29 is 18.9 Å². The van der Waals surface area contributed by atoms with Crippen molar-refractivity contribution in [2.45, 2.75) is 52.4 Å². The molecule has 0 spiro atoms. The van der Waals surface area contributed by atoms with Gasteiger partial charge in [-0.3, -0.25) is 0 Å². The normalized spacial score (nSPS) is 12.3. The molecule has 0 aliphatic carbocycles. The first-order chi connectivity index (χ1) is 17.9. The van der Waals surface area contributed by atoms with Crippen LogP contribution in [0.3, 0.4) is 0 Å². The first-order valence-corrected chi connectivity index (χ1v) is 13.6. The number of para-hydroxylation sites is 2. The lowest BCUT2D eigenvalue weighted by Crippen LogP contribution is -2.30. The lowest BCUT2D eigenvalue weighted by atomic mass is 9.77. The molecule has 4 nitrogen and oxygen atoms in total. The highest BCUT2D eigenvalue weighted by Crippen LogP contribution is 2.39. The maximum Gasteiger partial charge on any atom is 0.489 e. The molecule has 0 aliphatic heterocycles. The Balaban J connectivity index is 0.000000156. The topological polar surface area (TPSA) is 66.7 Å². The molecule has 38 heavy (non-hydrogen) atoms. The van der Waals surface area contributed by atoms with Crippen LogP contribution in [0.2, 0.25) is 0 Å². The van der Waals surface area contributed by atoms with Crippen LogP contribution in [0.5, 0.6) is 0 Å². The van der Waals surface area contributed by atoms with E-state index < -0.39 is 7.12 Å². The summed E-state index contributed by atoms with van der Waals surface area (Å²) in [5.74, 6) is 0. The van der Waals surface area contributed by atoms with Gasteiger partial charge in [0, 0.05) is 37.1 Å². The Morgan fingerprint density at radius 1 is 0.605 bits per heavy atom. The van der Waals surface area contributed by atoms with E-state index in [4.69, 9.17) is 8.83 Å². The van der Waals surface area contributed by atoms with Gasteiger partial charge >= 0.3 is 7.12 Å². The van der Waals surface area contributed by atoms with E-state index in [1.165, 1.54) is 16.3 Å². The molecule has 0 aliphatic rings. The van der Waals surface area contributed by atoms with E-state index in [9.17, 15) is 10.0 Å². The Morgan fingerprint density at radius 3 is 1.55 bits per heavy atom. The van der Waals surface area contributed by atoms with Crippen LogP contribution in [-0.4, -0.2) is 17.2 Å². The van der Waals surface area contributed by atoms with Gasteiger partial charge in [0.1, 0.15) is 22.3 Å². The fourth-order valence-electron chi connectivity index (χ4n) is 5.08. The highest BCUT2D eigenvalue weighted by atomic mass is 79.9. The molecule has 0 atom stereocenters. The lowest BCUT2D eigenvalue weighted by Gasteiger charge is -2.18. The second-order valence-corrected chi connectivity index (χ2v) is 12.6. The average molecular weight is 571 g/mol. The smallest absolute Gasteiger partial charge is 0.456 e. The van der Waals surface area contributed by atoms with E-state index in [2.05, 4.69) is 87.8 Å². The van der Waals surface area contributed by atoms with Gasteiger partial charge in [0.15, 0.2) is 0 Å². The number of furan rings is 2. The largest absolute Gasteiger partial charge is 0.489 e. The number of fused-ring (bicyclic) bond motifs is 6. The number of halogens is 1. The molecule has 4 aromatic carbocycles. The summed E-state index contributed by atoms with van der Waals surface area (Å²) >= 11 is 3.61. The second-order valence-electron chi connectivity index (χ2n) is 11.8. The van der Waals surface area contributed by atoms with Crippen molar-refractivity contribution in [3.8, 4) is 0 Å². The van der Waals surface area contributed by atoms with E-state index >= 15 is 0 Å². The maximum atomic E-state index is 9.54. The molecule has 0 saturated heterocycles. The van der Waals surface area contributed by atoms with Gasteiger partial charge in [0.05, 0.1) is 0 Å². The van der Waals surface area contributed by atoms with Crippen LogP contribution in [0.15, 0.2) is 86.1 Å². The molecule has 0 amide bonds. The highest BCUT2D eigenvalue weighted by Gasteiger charge is 2.24. The molecule has 6 rings (SSSR count). The molecule has 0 unspecified atom stereocenters. The van der Waals surface area contributed by atoms with Crippen molar-refractivity contribution >= 4 is 72.4 Å². The SMILES string of the molecule is CC(C)(C)c1cccc2c1oc1cccc(B(O)O)c12.CC(C)(C)c1cccc2c1oc1cccc(Br)c12. The molecule has 2 N–H and O–H groups in total. The third-order valence-corrected chi connectivity index (χ3v) is 7.58. The van der Waals surface area contributed by atoms with E-state index in [0.717, 1.165) is 37.6 Å². The van der Waals surface area contributed by atoms with Crippen LogP contribution in [-0.2, 0) is 10.8 Å². The minimum absolute atomic E-state index is 0.0363. The van der Waals surface area contributed by atoms with Crippen LogP contribution < -0.4 is 5.46 Å². The Kier molecular flexibility index (Phi) is 6.71. The van der Waals surface area contributed by atoms with Gasteiger partial charge in [-0.15, -0.1) is 0 Å². The third kappa shape index (κ3) is 4.66. The van der Waals surface area contributed by atoms with Crippen molar-refractivity contribution in [3.63, 3.8) is 0 Å². The molecule has 0 radical (unpaired) electrons. The summed E-state index contributed by atoms with van der Waals surface area (Å²) in [4.78, 5) is 0. The van der Waals surface area contributed by atoms with Crippen molar-refractivity contribution in [3.05, 3.63) is 88.4 Å². The summed E-state index contributed by atoms with van der Waals surface area (Å²) in [7, 11) is -1.50. The monoisotopic (exact) mass is 570 g/mol. The predicted molar refractivity (Wildman–Crippen MR) is 162 cm³/mol. The van der Waals surface area contributed by atoms with E-state index in [-0.39, 0.29) is 10.8 Å². The molecule has 2 heterocycles. The number of benzene rings is 4. The number of hydrogen-bond donors (Lipinski definition) is 2. The first-order valence-electron chi connectivity index (χ1n) is 12.8. The summed E-state index contributed by atoms with van der Waals surface area (Å²) in [5, 5.41) is 23.1. The summed E-state index contributed by atoms with van der Waals surface area (Å²) in [5.41, 5.74) is 6.35. The molecule has 0 bridgehead atoms. The van der Waals surface area contributed by atoms with Gasteiger partial charge in [-0.2, -0.15) is 0 Å². The fraction of sp³-hybridized carbons (Fsp3) is 0.250. The molecule has 194 valence electrons. The van der Waals surface area contributed by atoms with E-state index in [1.54, 1.807) is 12.1 Å². The Hall–Kier alpha value is -3.06. The van der Waals surface area contributed by atoms with Gasteiger partial charge in [0.2, 0.25) is 0 Å². The van der Waals surface area contributed by atoms with Gasteiger partial charge in [-0.05, 0) is 34.5 Å². The highest BCUT2D eigenvalue weighted by molar-refractivity contribution is 9.10. The Morgan fingerprint density at radius 2 is 1.05 bits per heavy atom. The fourth-order valence-corrected chi connectivity index (χ4v) is 5.64. The van der Waals surface area contributed by atoms with Crippen LogP contribution >= 0.6 is 15.9 Å². The first kappa shape index (κ1) is 26.5. The molecule has 2 aromatic heterocycles. The van der Waals surface area contributed by atoms with Crippen LogP contribution in [0.1, 0.15) is 52.7 Å². The zero-order valence-corrected chi connectivity index (χ0v) is 24.2. The molecular weight excluding hydrogens is 539 g/mol. The van der Waals surface area contributed by atoms with Crippen molar-refractivity contribution in [2.75, 3.05) is 0 Å². The molecule has 6 aromatic rings. The summed E-state index contributed by atoms with van der Waals surface area (Å²) in [6, 6.07) is 23.8. The van der Waals surface area contributed by atoms with Crippen molar-refractivity contribution in [1.29, 1.82) is 0 Å². The summed E-state index contributed by atoms with van der Waals surface area (Å²) in [6.45, 7) is 13.0. The standard InChI is InChI=1S/C16H17BO3.C16H15BrO/c1-16(2,3)11-7-4-6-10-14-12(17(18)19)8-5-9-13(14)20-15(10)11;1-16(2,3)11-7-4-6-10-14-12(17)8-5-9-13(14)18-15(10)11/h4-9,18-19H,1-3H3;4-9H,1-3H3. The second kappa shape index (κ2) is 9.60. The quantitative estimate of drug-likeness (QED) is 0.195. The number of hydrogen-bond acceptors (Lipinski definition) is 4. The molecule has 0 fully saturated rings. The van der Waals surface area contributed by atoms with E-state index in [0.29, 0.717) is 11.0 Å². The lowest BCUT2D eigenvalue weighted by molar-refractivity contribution is 0.426. The Bertz CT molecular complexity index is 1780. The van der Waals surface area contributed by atoms with Crippen molar-refractivity contribution in [1.82, 2.24) is 0 Å². The molecule has 0 saturated carbocycles. The summed E-state index contributed by atoms with van der Waals surface area (Å²) in [6.07, 6.45) is 0. The van der Waals surface area contributed by atoms with Gasteiger partial charge in [0.25, 0.3) is 0 Å². The molecule has 6 heteroatoms. The molecular formula is C32H32BBrO4. The van der Waals surface area contributed by atoms with Crippen LogP contribution in [0, 0.1) is 0 Å². The summed E-state index contributed by atoms with van der Waals surface area (Å²) < 4.78 is 13.1. The third-order valence-electron chi connectivity index (χ3n) is 6.92. The van der Waals surface area contributed by atoms with Crippen molar-refractivity contribution in [2.24, 2.45) is 0 Å². The average Bonchev–Trinajstić information content (AvgIpc) is 3.41. The number of rotatable bonds is 1.